The van der Waals surface area contributed by atoms with Gasteiger partial charge in [-0.25, -0.2) is 9.97 Å². The third-order valence-electron chi connectivity index (χ3n) is 5.28. The van der Waals surface area contributed by atoms with Gasteiger partial charge in [-0.3, -0.25) is 9.69 Å². The molecule has 5 heterocycles. The van der Waals surface area contributed by atoms with E-state index in [1.54, 1.807) is 23.7 Å². The molecule has 1 saturated heterocycles. The number of thiazole rings is 1. The maximum absolute atomic E-state index is 13.0. The number of H-pyrrole nitrogens is 1. The van der Waals surface area contributed by atoms with Crippen LogP contribution in [0.2, 0.25) is 0 Å². The van der Waals surface area contributed by atoms with Crippen molar-refractivity contribution in [2.75, 3.05) is 13.1 Å². The van der Waals surface area contributed by atoms with Crippen molar-refractivity contribution in [3.8, 4) is 11.4 Å². The van der Waals surface area contributed by atoms with E-state index in [0.717, 1.165) is 26.2 Å². The first kappa shape index (κ1) is 15.0. The molecule has 0 aliphatic carbocycles. The van der Waals surface area contributed by atoms with Crippen LogP contribution in [0.5, 0.6) is 0 Å². The van der Waals surface area contributed by atoms with Gasteiger partial charge >= 0.3 is 0 Å². The highest BCUT2D eigenvalue weighted by Crippen LogP contribution is 2.36. The maximum atomic E-state index is 13.0. The molecule has 7 heteroatoms. The van der Waals surface area contributed by atoms with Crippen molar-refractivity contribution < 1.29 is 0 Å². The SMILES string of the molecule is O=c1c(-c2ncc[nH]2)ccc2n1C[C@H]1C[C@@H]2CN(Cc2nccs2)C1. The number of aromatic nitrogens is 4. The number of likely N-dealkylation sites (tertiary alicyclic amines) is 1. The number of hydrogen-bond donors (Lipinski definition) is 1. The Morgan fingerprint density at radius 2 is 2.16 bits per heavy atom. The van der Waals surface area contributed by atoms with Crippen LogP contribution in [0.4, 0.5) is 0 Å². The molecule has 2 aliphatic rings. The first-order valence-corrected chi connectivity index (χ1v) is 9.50. The molecule has 25 heavy (non-hydrogen) atoms. The van der Waals surface area contributed by atoms with Crippen LogP contribution in [0.1, 0.15) is 23.0 Å². The molecule has 0 saturated carbocycles. The molecule has 0 radical (unpaired) electrons. The van der Waals surface area contributed by atoms with Gasteiger partial charge in [0.25, 0.3) is 5.56 Å². The molecule has 3 aromatic heterocycles. The first-order chi connectivity index (χ1) is 12.3. The second-order valence-electron chi connectivity index (χ2n) is 6.94. The Bertz CT molecular complexity index is 931. The van der Waals surface area contributed by atoms with Crippen molar-refractivity contribution in [1.29, 1.82) is 0 Å². The summed E-state index contributed by atoms with van der Waals surface area (Å²) < 4.78 is 1.98. The van der Waals surface area contributed by atoms with E-state index < -0.39 is 0 Å². The van der Waals surface area contributed by atoms with E-state index >= 15 is 0 Å². The number of nitrogens with zero attached hydrogens (tertiary/aromatic N) is 4. The van der Waals surface area contributed by atoms with Crippen LogP contribution in [-0.2, 0) is 13.1 Å². The Morgan fingerprint density at radius 3 is 2.96 bits per heavy atom. The number of nitrogens with one attached hydrogen (secondary N) is 1. The molecule has 2 atom stereocenters. The Balaban J connectivity index is 1.46. The molecule has 1 N–H and O–H groups in total. The number of fused-ring (bicyclic) bond motifs is 4. The predicted molar refractivity (Wildman–Crippen MR) is 96.5 cm³/mol. The Kier molecular flexibility index (Phi) is 3.57. The van der Waals surface area contributed by atoms with Crippen LogP contribution >= 0.6 is 11.3 Å². The molecular formula is C18H19N5OS. The van der Waals surface area contributed by atoms with Gasteiger partial charge in [-0.2, -0.15) is 0 Å². The number of imidazole rings is 1. The number of rotatable bonds is 3. The molecule has 6 nitrogen and oxygen atoms in total. The fourth-order valence-corrected chi connectivity index (χ4v) is 4.95. The Morgan fingerprint density at radius 1 is 1.20 bits per heavy atom. The average Bonchev–Trinajstić information content (AvgIpc) is 3.29. The lowest BCUT2D eigenvalue weighted by Gasteiger charge is -2.42. The predicted octanol–water partition coefficient (Wildman–Crippen LogP) is 2.31. The fourth-order valence-electron chi connectivity index (χ4n) is 4.29. The maximum Gasteiger partial charge on any atom is 0.261 e. The average molecular weight is 353 g/mol. The summed E-state index contributed by atoms with van der Waals surface area (Å²) in [4.78, 5) is 27.2. The third kappa shape index (κ3) is 2.63. The van der Waals surface area contributed by atoms with Crippen molar-refractivity contribution in [2.45, 2.75) is 25.4 Å². The van der Waals surface area contributed by atoms with Gasteiger partial charge in [0.1, 0.15) is 10.8 Å². The highest BCUT2D eigenvalue weighted by atomic mass is 32.1. The van der Waals surface area contributed by atoms with Crippen LogP contribution in [0.3, 0.4) is 0 Å². The fraction of sp³-hybridized carbons (Fsp3) is 0.389. The minimum atomic E-state index is 0.0792. The van der Waals surface area contributed by atoms with Gasteiger partial charge in [-0.05, 0) is 24.5 Å². The van der Waals surface area contributed by atoms with Crippen LogP contribution in [0.25, 0.3) is 11.4 Å². The topological polar surface area (TPSA) is 66.8 Å². The molecule has 1 fully saturated rings. The molecule has 3 aromatic rings. The van der Waals surface area contributed by atoms with E-state index in [-0.39, 0.29) is 5.56 Å². The summed E-state index contributed by atoms with van der Waals surface area (Å²) in [5.41, 5.74) is 1.91. The van der Waals surface area contributed by atoms with Gasteiger partial charge in [0.2, 0.25) is 0 Å². The van der Waals surface area contributed by atoms with Crippen LogP contribution in [0, 0.1) is 5.92 Å². The van der Waals surface area contributed by atoms with Crippen molar-refractivity contribution >= 4 is 11.3 Å². The van der Waals surface area contributed by atoms with E-state index in [1.165, 1.54) is 17.1 Å². The van der Waals surface area contributed by atoms with Gasteiger partial charge in [0, 0.05) is 55.2 Å². The lowest BCUT2D eigenvalue weighted by Crippen LogP contribution is -2.46. The molecule has 0 aromatic carbocycles. The summed E-state index contributed by atoms with van der Waals surface area (Å²) in [7, 11) is 0. The summed E-state index contributed by atoms with van der Waals surface area (Å²) >= 11 is 1.71. The minimum Gasteiger partial charge on any atom is -0.344 e. The third-order valence-corrected chi connectivity index (χ3v) is 6.04. The van der Waals surface area contributed by atoms with Gasteiger partial charge in [-0.15, -0.1) is 11.3 Å². The molecule has 0 amide bonds. The minimum absolute atomic E-state index is 0.0792. The lowest BCUT2D eigenvalue weighted by atomic mass is 9.83. The normalized spacial score (nSPS) is 22.7. The van der Waals surface area contributed by atoms with Crippen molar-refractivity contribution in [3.05, 3.63) is 57.2 Å². The lowest BCUT2D eigenvalue weighted by molar-refractivity contribution is 0.114. The van der Waals surface area contributed by atoms with Gasteiger partial charge < -0.3 is 9.55 Å². The van der Waals surface area contributed by atoms with E-state index in [2.05, 4.69) is 25.9 Å². The van der Waals surface area contributed by atoms with E-state index in [0.29, 0.717) is 23.2 Å². The van der Waals surface area contributed by atoms with Crippen LogP contribution in [-0.4, -0.2) is 37.5 Å². The quantitative estimate of drug-likeness (QED) is 0.785. The van der Waals surface area contributed by atoms with Gasteiger partial charge in [0.05, 0.1) is 12.1 Å². The Hall–Kier alpha value is -2.25. The highest BCUT2D eigenvalue weighted by molar-refractivity contribution is 7.09. The summed E-state index contributed by atoms with van der Waals surface area (Å²) in [6, 6.07) is 4.04. The largest absolute Gasteiger partial charge is 0.344 e. The van der Waals surface area contributed by atoms with Crippen molar-refractivity contribution in [2.24, 2.45) is 5.92 Å². The molecular weight excluding hydrogens is 334 g/mol. The number of hydrogen-bond acceptors (Lipinski definition) is 5. The van der Waals surface area contributed by atoms with Crippen LogP contribution in [0.15, 0.2) is 40.9 Å². The second kappa shape index (κ2) is 5.93. The summed E-state index contributed by atoms with van der Waals surface area (Å²) in [5, 5.41) is 3.20. The van der Waals surface area contributed by atoms with E-state index in [9.17, 15) is 4.79 Å². The van der Waals surface area contributed by atoms with Crippen LogP contribution < -0.4 is 5.56 Å². The second-order valence-corrected chi connectivity index (χ2v) is 7.92. The summed E-state index contributed by atoms with van der Waals surface area (Å²) in [6.45, 7) is 3.75. The molecule has 0 unspecified atom stereocenters. The molecule has 2 aliphatic heterocycles. The number of aromatic amines is 1. The zero-order chi connectivity index (χ0) is 16.8. The van der Waals surface area contributed by atoms with Gasteiger partial charge in [-0.1, -0.05) is 0 Å². The van der Waals surface area contributed by atoms with Gasteiger partial charge in [0.15, 0.2) is 0 Å². The highest BCUT2D eigenvalue weighted by Gasteiger charge is 2.35. The monoisotopic (exact) mass is 353 g/mol. The first-order valence-electron chi connectivity index (χ1n) is 8.62. The zero-order valence-electron chi connectivity index (χ0n) is 13.8. The molecule has 0 spiro atoms. The smallest absolute Gasteiger partial charge is 0.261 e. The number of pyridine rings is 1. The van der Waals surface area contributed by atoms with Crippen molar-refractivity contribution in [1.82, 2.24) is 24.4 Å². The van der Waals surface area contributed by atoms with E-state index in [1.807, 2.05) is 22.2 Å². The molecule has 2 bridgehead atoms. The standard InChI is InChI=1S/C18H19N5OS/c24-18-14(17-20-3-4-21-17)1-2-15-13-7-12(9-23(15)18)8-22(10-13)11-16-19-5-6-25-16/h1-6,12-13H,7-11H2,(H,20,21)/t12-,13+/m0/s1. The summed E-state index contributed by atoms with van der Waals surface area (Å²) in [6.07, 6.45) is 6.48. The molecule has 5 rings (SSSR count). The zero-order valence-corrected chi connectivity index (χ0v) is 14.6. The summed E-state index contributed by atoms with van der Waals surface area (Å²) in [5.74, 6) is 1.60. The van der Waals surface area contributed by atoms with Crippen molar-refractivity contribution in [3.63, 3.8) is 0 Å². The molecule has 128 valence electrons. The van der Waals surface area contributed by atoms with E-state index in [4.69, 9.17) is 0 Å². The number of piperidine rings is 1. The Labute approximate surface area is 149 Å².